The van der Waals surface area contributed by atoms with Crippen molar-refractivity contribution in [2.24, 2.45) is 5.73 Å². The molecule has 0 bridgehead atoms. The van der Waals surface area contributed by atoms with E-state index < -0.39 is 12.0 Å². The molecule has 3 nitrogen and oxygen atoms in total. The molecular weight excluding hydrogens is 154 g/mol. The van der Waals surface area contributed by atoms with E-state index in [2.05, 4.69) is 6.92 Å². The van der Waals surface area contributed by atoms with Gasteiger partial charge in [-0.15, -0.1) is 0 Å². The van der Waals surface area contributed by atoms with Gasteiger partial charge in [-0.25, -0.2) is 0 Å². The third-order valence-electron chi connectivity index (χ3n) is 1.60. The first-order valence-corrected chi connectivity index (χ1v) is 4.33. The summed E-state index contributed by atoms with van der Waals surface area (Å²) in [6.45, 7) is 2.13. The molecule has 0 aromatic carbocycles. The predicted octanol–water partition coefficient (Wildman–Crippen LogP) is 1.53. The quantitative estimate of drug-likeness (QED) is 0.470. The van der Waals surface area contributed by atoms with Crippen molar-refractivity contribution in [1.29, 1.82) is 0 Å². The Hall–Kier alpha value is -0.830. The van der Waals surface area contributed by atoms with Gasteiger partial charge >= 0.3 is 5.97 Å². The molecule has 1 unspecified atom stereocenters. The molecule has 0 aliphatic carbocycles. The van der Waals surface area contributed by atoms with E-state index in [9.17, 15) is 4.79 Å². The number of carboxylic acids is 1. The summed E-state index contributed by atoms with van der Waals surface area (Å²) in [6.07, 6.45) is 7.78. The smallest absolute Gasteiger partial charge is 0.324 e. The van der Waals surface area contributed by atoms with E-state index in [1.807, 2.05) is 6.08 Å². The van der Waals surface area contributed by atoms with Gasteiger partial charge in [-0.2, -0.15) is 0 Å². The molecular formula is C9H17NO2. The Balaban J connectivity index is 3.41. The maximum absolute atomic E-state index is 10.2. The number of allylic oxidation sites excluding steroid dienone is 1. The van der Waals surface area contributed by atoms with Crippen LogP contribution in [0.15, 0.2) is 12.2 Å². The van der Waals surface area contributed by atoms with Crippen LogP contribution in [0.1, 0.15) is 32.6 Å². The Morgan fingerprint density at radius 3 is 2.75 bits per heavy atom. The molecule has 0 aliphatic rings. The van der Waals surface area contributed by atoms with Gasteiger partial charge in [-0.3, -0.25) is 4.79 Å². The topological polar surface area (TPSA) is 63.3 Å². The molecule has 1 atom stereocenters. The third kappa shape index (κ3) is 5.92. The molecule has 0 fully saturated rings. The Kier molecular flexibility index (Phi) is 6.38. The predicted molar refractivity (Wildman–Crippen MR) is 48.9 cm³/mol. The lowest BCUT2D eigenvalue weighted by molar-refractivity contribution is -0.137. The Morgan fingerprint density at radius 1 is 1.58 bits per heavy atom. The number of rotatable bonds is 6. The van der Waals surface area contributed by atoms with Crippen LogP contribution in [0.4, 0.5) is 0 Å². The molecule has 0 aliphatic heterocycles. The van der Waals surface area contributed by atoms with Crippen LogP contribution in [0, 0.1) is 0 Å². The van der Waals surface area contributed by atoms with Crippen LogP contribution in [0.5, 0.6) is 0 Å². The van der Waals surface area contributed by atoms with Crippen molar-refractivity contribution in [2.45, 2.75) is 38.6 Å². The largest absolute Gasteiger partial charge is 0.480 e. The number of unbranched alkanes of at least 4 members (excludes halogenated alkanes) is 3. The van der Waals surface area contributed by atoms with Crippen molar-refractivity contribution in [3.8, 4) is 0 Å². The van der Waals surface area contributed by atoms with E-state index in [-0.39, 0.29) is 0 Å². The second-order valence-corrected chi connectivity index (χ2v) is 2.79. The normalized spacial score (nSPS) is 13.5. The first-order chi connectivity index (χ1) is 5.68. The van der Waals surface area contributed by atoms with E-state index >= 15 is 0 Å². The van der Waals surface area contributed by atoms with E-state index in [0.29, 0.717) is 0 Å². The Labute approximate surface area is 73.3 Å². The van der Waals surface area contributed by atoms with E-state index in [1.165, 1.54) is 18.9 Å². The average Bonchev–Trinajstić information content (AvgIpc) is 2.03. The maximum Gasteiger partial charge on any atom is 0.324 e. The van der Waals surface area contributed by atoms with Crippen molar-refractivity contribution in [2.75, 3.05) is 0 Å². The second kappa shape index (κ2) is 6.85. The van der Waals surface area contributed by atoms with Crippen LogP contribution in [-0.2, 0) is 4.79 Å². The molecule has 70 valence electrons. The average molecular weight is 171 g/mol. The molecule has 0 aromatic rings. The Bertz CT molecular complexity index is 155. The summed E-state index contributed by atoms with van der Waals surface area (Å²) in [7, 11) is 0. The van der Waals surface area contributed by atoms with E-state index in [0.717, 1.165) is 12.8 Å². The maximum atomic E-state index is 10.2. The van der Waals surface area contributed by atoms with Gasteiger partial charge in [-0.1, -0.05) is 31.9 Å². The third-order valence-corrected chi connectivity index (χ3v) is 1.60. The van der Waals surface area contributed by atoms with Gasteiger partial charge in [0.2, 0.25) is 0 Å². The van der Waals surface area contributed by atoms with Crippen molar-refractivity contribution >= 4 is 5.97 Å². The minimum absolute atomic E-state index is 0.841. The molecule has 3 N–H and O–H groups in total. The zero-order valence-electron chi connectivity index (χ0n) is 7.49. The number of nitrogens with two attached hydrogens (primary N) is 1. The summed E-state index contributed by atoms with van der Waals surface area (Å²) in [5.74, 6) is -0.971. The first-order valence-electron chi connectivity index (χ1n) is 4.33. The molecule has 12 heavy (non-hydrogen) atoms. The lowest BCUT2D eigenvalue weighted by Gasteiger charge is -1.97. The minimum atomic E-state index is -0.971. The summed E-state index contributed by atoms with van der Waals surface area (Å²) < 4.78 is 0. The monoisotopic (exact) mass is 171 g/mol. The standard InChI is InChI=1S/C9H17NO2/c1-2-3-4-5-6-7-8(10)9(11)12/h6-8H,2-5,10H2,1H3,(H,11,12)/b7-6+. The van der Waals surface area contributed by atoms with Crippen molar-refractivity contribution in [3.63, 3.8) is 0 Å². The molecule has 0 saturated heterocycles. The van der Waals surface area contributed by atoms with Gasteiger partial charge in [0.1, 0.15) is 6.04 Å². The van der Waals surface area contributed by atoms with Crippen LogP contribution in [0.2, 0.25) is 0 Å². The van der Waals surface area contributed by atoms with Crippen molar-refractivity contribution in [1.82, 2.24) is 0 Å². The molecule has 0 amide bonds. The van der Waals surface area contributed by atoms with Gasteiger partial charge in [0.25, 0.3) is 0 Å². The molecule has 0 aromatic heterocycles. The highest BCUT2D eigenvalue weighted by Crippen LogP contribution is 1.99. The highest BCUT2D eigenvalue weighted by Gasteiger charge is 2.04. The number of hydrogen-bond donors (Lipinski definition) is 2. The highest BCUT2D eigenvalue weighted by molar-refractivity contribution is 5.75. The van der Waals surface area contributed by atoms with Gasteiger partial charge in [0, 0.05) is 0 Å². The van der Waals surface area contributed by atoms with E-state index in [1.54, 1.807) is 0 Å². The summed E-state index contributed by atoms with van der Waals surface area (Å²) in [6, 6.07) is -0.841. The number of hydrogen-bond acceptors (Lipinski definition) is 2. The van der Waals surface area contributed by atoms with Gasteiger partial charge < -0.3 is 10.8 Å². The highest BCUT2D eigenvalue weighted by atomic mass is 16.4. The zero-order chi connectivity index (χ0) is 9.40. The fourth-order valence-electron chi connectivity index (χ4n) is 0.837. The fraction of sp³-hybridized carbons (Fsp3) is 0.667. The lowest BCUT2D eigenvalue weighted by atomic mass is 10.2. The molecule has 0 heterocycles. The lowest BCUT2D eigenvalue weighted by Crippen LogP contribution is -2.27. The second-order valence-electron chi connectivity index (χ2n) is 2.79. The van der Waals surface area contributed by atoms with Crippen LogP contribution >= 0.6 is 0 Å². The molecule has 0 saturated carbocycles. The van der Waals surface area contributed by atoms with E-state index in [4.69, 9.17) is 10.8 Å². The summed E-state index contributed by atoms with van der Waals surface area (Å²) in [5.41, 5.74) is 5.24. The zero-order valence-corrected chi connectivity index (χ0v) is 7.49. The molecule has 0 spiro atoms. The van der Waals surface area contributed by atoms with Crippen LogP contribution < -0.4 is 5.73 Å². The van der Waals surface area contributed by atoms with Crippen LogP contribution in [-0.4, -0.2) is 17.1 Å². The van der Waals surface area contributed by atoms with Gasteiger partial charge in [0.05, 0.1) is 0 Å². The van der Waals surface area contributed by atoms with Gasteiger partial charge in [-0.05, 0) is 12.8 Å². The molecule has 0 radical (unpaired) electrons. The minimum Gasteiger partial charge on any atom is -0.480 e. The summed E-state index contributed by atoms with van der Waals surface area (Å²) in [5, 5.41) is 8.41. The molecule has 0 rings (SSSR count). The van der Waals surface area contributed by atoms with Crippen LogP contribution in [0.25, 0.3) is 0 Å². The number of carbonyl (C=O) groups is 1. The van der Waals surface area contributed by atoms with Crippen LogP contribution in [0.3, 0.4) is 0 Å². The van der Waals surface area contributed by atoms with Crippen molar-refractivity contribution in [3.05, 3.63) is 12.2 Å². The van der Waals surface area contributed by atoms with Crippen molar-refractivity contribution < 1.29 is 9.90 Å². The summed E-state index contributed by atoms with van der Waals surface area (Å²) >= 11 is 0. The fourth-order valence-corrected chi connectivity index (χ4v) is 0.837. The Morgan fingerprint density at radius 2 is 2.25 bits per heavy atom. The summed E-state index contributed by atoms with van der Waals surface area (Å²) in [4.78, 5) is 10.2. The number of aliphatic carboxylic acids is 1. The number of carboxylic acid groups (broad SMARTS) is 1. The first kappa shape index (κ1) is 11.2. The molecule has 3 heteroatoms. The SMILES string of the molecule is CCCCC/C=C/C(N)C(=O)O. The van der Waals surface area contributed by atoms with Gasteiger partial charge in [0.15, 0.2) is 0 Å².